The minimum absolute atomic E-state index is 0.105. The van der Waals surface area contributed by atoms with Crippen molar-refractivity contribution in [3.8, 4) is 11.5 Å². The van der Waals surface area contributed by atoms with Crippen LogP contribution >= 0.6 is 11.6 Å². The zero-order chi connectivity index (χ0) is 19.2. The van der Waals surface area contributed by atoms with Gasteiger partial charge in [-0.15, -0.1) is 0 Å². The van der Waals surface area contributed by atoms with E-state index in [1.165, 1.54) is 0 Å². The number of Topliss-reactive ketones (excluding diaryl/α,β-unsaturated/α-hetero) is 1. The van der Waals surface area contributed by atoms with Gasteiger partial charge in [-0.1, -0.05) is 29.8 Å². The summed E-state index contributed by atoms with van der Waals surface area (Å²) < 4.78 is 10.6. The smallest absolute Gasteiger partial charge is 0.325 e. The Labute approximate surface area is 159 Å². The number of hydrogen-bond acceptors (Lipinski definition) is 5. The number of nitrogens with one attached hydrogen (secondary N) is 1. The third kappa shape index (κ3) is 2.80. The van der Waals surface area contributed by atoms with E-state index >= 15 is 0 Å². The molecule has 0 saturated carbocycles. The maximum absolute atomic E-state index is 13.0. The molecule has 138 valence electrons. The second-order valence-corrected chi connectivity index (χ2v) is 6.82. The van der Waals surface area contributed by atoms with Gasteiger partial charge in [0.25, 0.3) is 5.91 Å². The van der Waals surface area contributed by atoms with Crippen molar-refractivity contribution in [1.29, 1.82) is 0 Å². The zero-order valence-electron chi connectivity index (χ0n) is 14.3. The minimum atomic E-state index is -1.31. The summed E-state index contributed by atoms with van der Waals surface area (Å²) in [6.07, 6.45) is 0. The number of fused-ring (bicyclic) bond motifs is 1. The van der Waals surface area contributed by atoms with E-state index < -0.39 is 29.8 Å². The minimum Gasteiger partial charge on any atom is -0.454 e. The molecular weight excluding hydrogens is 372 g/mol. The monoisotopic (exact) mass is 386 g/mol. The van der Waals surface area contributed by atoms with Crippen molar-refractivity contribution in [2.75, 3.05) is 13.3 Å². The topological polar surface area (TPSA) is 84.9 Å². The highest BCUT2D eigenvalue weighted by Gasteiger charge is 2.50. The van der Waals surface area contributed by atoms with Gasteiger partial charge in [0.1, 0.15) is 5.54 Å². The molecule has 1 saturated heterocycles. The number of carbonyl (C=O) groups is 3. The van der Waals surface area contributed by atoms with E-state index in [0.717, 1.165) is 4.90 Å². The van der Waals surface area contributed by atoms with Crippen LogP contribution < -0.4 is 14.8 Å². The molecule has 0 aromatic heterocycles. The van der Waals surface area contributed by atoms with E-state index in [9.17, 15) is 14.4 Å². The van der Waals surface area contributed by atoms with Gasteiger partial charge in [0.05, 0.1) is 11.6 Å². The van der Waals surface area contributed by atoms with Crippen molar-refractivity contribution < 1.29 is 23.9 Å². The first-order valence-electron chi connectivity index (χ1n) is 8.22. The number of rotatable bonds is 4. The Morgan fingerprint density at radius 2 is 1.93 bits per heavy atom. The summed E-state index contributed by atoms with van der Waals surface area (Å²) in [5, 5.41) is 2.94. The van der Waals surface area contributed by atoms with E-state index in [4.69, 9.17) is 21.1 Å². The molecule has 0 spiro atoms. The molecule has 2 aromatic rings. The lowest BCUT2D eigenvalue weighted by atomic mass is 9.91. The molecule has 0 radical (unpaired) electrons. The summed E-state index contributed by atoms with van der Waals surface area (Å²) in [6, 6.07) is 10.9. The Morgan fingerprint density at radius 1 is 1.19 bits per heavy atom. The van der Waals surface area contributed by atoms with E-state index in [-0.39, 0.29) is 17.4 Å². The molecule has 2 aliphatic rings. The highest BCUT2D eigenvalue weighted by atomic mass is 35.5. The van der Waals surface area contributed by atoms with Crippen molar-refractivity contribution in [3.05, 3.63) is 58.6 Å². The van der Waals surface area contributed by atoms with Crippen LogP contribution in [0.1, 0.15) is 22.8 Å². The molecule has 3 amide bonds. The second kappa shape index (κ2) is 6.28. The first kappa shape index (κ1) is 17.4. The predicted molar refractivity (Wildman–Crippen MR) is 95.9 cm³/mol. The molecule has 1 N–H and O–H groups in total. The number of hydrogen-bond donors (Lipinski definition) is 1. The standard InChI is InChI=1S/C19H15ClN2O5/c1-19(11-6-7-15-16(8-11)27-10-26-15)17(24)22(18(25)21-19)9-14(23)12-4-2-3-5-13(12)20/h2-8H,9-10H2,1H3,(H,21,25)/t19-/m0/s1. The summed E-state index contributed by atoms with van der Waals surface area (Å²) in [4.78, 5) is 38.8. The summed E-state index contributed by atoms with van der Waals surface area (Å²) in [7, 11) is 0. The van der Waals surface area contributed by atoms with Crippen molar-refractivity contribution in [2.24, 2.45) is 0 Å². The number of ether oxygens (including phenoxy) is 2. The van der Waals surface area contributed by atoms with Crippen LogP contribution in [0.4, 0.5) is 4.79 Å². The van der Waals surface area contributed by atoms with Gasteiger partial charge < -0.3 is 14.8 Å². The third-order valence-corrected chi connectivity index (χ3v) is 5.03. The summed E-state index contributed by atoms with van der Waals surface area (Å²) in [6.45, 7) is 1.30. The number of nitrogens with zero attached hydrogens (tertiary/aromatic N) is 1. The van der Waals surface area contributed by atoms with Crippen molar-refractivity contribution in [2.45, 2.75) is 12.5 Å². The van der Waals surface area contributed by atoms with Gasteiger partial charge in [-0.25, -0.2) is 4.79 Å². The quantitative estimate of drug-likeness (QED) is 0.645. The van der Waals surface area contributed by atoms with Crippen LogP contribution in [0, 0.1) is 0 Å². The highest BCUT2D eigenvalue weighted by Crippen LogP contribution is 2.37. The molecule has 2 aliphatic heterocycles. The average Bonchev–Trinajstić information content (AvgIpc) is 3.20. The number of ketones is 1. The van der Waals surface area contributed by atoms with Gasteiger partial charge in [-0.3, -0.25) is 14.5 Å². The van der Waals surface area contributed by atoms with Crippen LogP contribution in [-0.4, -0.2) is 36.0 Å². The van der Waals surface area contributed by atoms with Crippen LogP contribution in [0.3, 0.4) is 0 Å². The second-order valence-electron chi connectivity index (χ2n) is 6.42. The molecule has 1 fully saturated rings. The van der Waals surface area contributed by atoms with Crippen LogP contribution in [0.2, 0.25) is 5.02 Å². The molecule has 4 rings (SSSR count). The summed E-state index contributed by atoms with van der Waals surface area (Å²) >= 11 is 6.03. The largest absolute Gasteiger partial charge is 0.454 e. The number of imide groups is 1. The fraction of sp³-hybridized carbons (Fsp3) is 0.211. The lowest BCUT2D eigenvalue weighted by Gasteiger charge is -2.22. The summed E-state index contributed by atoms with van der Waals surface area (Å²) in [5.41, 5.74) is -0.506. The average molecular weight is 387 g/mol. The summed E-state index contributed by atoms with van der Waals surface area (Å²) in [5.74, 6) is 0.136. The fourth-order valence-corrected chi connectivity index (χ4v) is 3.40. The van der Waals surface area contributed by atoms with Crippen LogP contribution in [0.25, 0.3) is 0 Å². The molecule has 27 heavy (non-hydrogen) atoms. The normalized spacial score (nSPS) is 20.7. The van der Waals surface area contributed by atoms with Crippen molar-refractivity contribution in [1.82, 2.24) is 10.2 Å². The zero-order valence-corrected chi connectivity index (χ0v) is 15.1. The fourth-order valence-electron chi connectivity index (χ4n) is 3.16. The van der Waals surface area contributed by atoms with Gasteiger partial charge >= 0.3 is 6.03 Å². The molecule has 0 bridgehead atoms. The maximum Gasteiger partial charge on any atom is 0.325 e. The Hall–Kier alpha value is -3.06. The van der Waals surface area contributed by atoms with Crippen molar-refractivity contribution >= 4 is 29.3 Å². The van der Waals surface area contributed by atoms with E-state index in [1.54, 1.807) is 49.4 Å². The Kier molecular flexibility index (Phi) is 4.04. The SMILES string of the molecule is C[C@@]1(c2ccc3c(c2)OCO3)NC(=O)N(CC(=O)c2ccccc2Cl)C1=O. The number of carbonyl (C=O) groups excluding carboxylic acids is 3. The first-order valence-corrected chi connectivity index (χ1v) is 8.60. The van der Waals surface area contributed by atoms with E-state index in [1.807, 2.05) is 0 Å². The molecule has 1 atom stereocenters. The van der Waals surface area contributed by atoms with Gasteiger partial charge in [-0.2, -0.15) is 0 Å². The van der Waals surface area contributed by atoms with E-state index in [2.05, 4.69) is 5.32 Å². The lowest BCUT2D eigenvalue weighted by Crippen LogP contribution is -2.41. The Bertz CT molecular complexity index is 976. The van der Waals surface area contributed by atoms with Gasteiger partial charge in [0.2, 0.25) is 6.79 Å². The number of benzene rings is 2. The molecule has 0 aliphatic carbocycles. The highest BCUT2D eigenvalue weighted by molar-refractivity contribution is 6.34. The Morgan fingerprint density at radius 3 is 2.70 bits per heavy atom. The maximum atomic E-state index is 13.0. The lowest BCUT2D eigenvalue weighted by molar-refractivity contribution is -0.130. The van der Waals surface area contributed by atoms with Crippen LogP contribution in [0.15, 0.2) is 42.5 Å². The number of amides is 3. The van der Waals surface area contributed by atoms with Crippen LogP contribution in [-0.2, 0) is 10.3 Å². The van der Waals surface area contributed by atoms with Gasteiger partial charge in [0, 0.05) is 5.56 Å². The number of urea groups is 1. The molecule has 8 heteroatoms. The molecule has 7 nitrogen and oxygen atoms in total. The van der Waals surface area contributed by atoms with E-state index in [0.29, 0.717) is 17.1 Å². The molecule has 2 heterocycles. The van der Waals surface area contributed by atoms with Gasteiger partial charge in [0.15, 0.2) is 17.3 Å². The molecule has 0 unspecified atom stereocenters. The number of halogens is 1. The third-order valence-electron chi connectivity index (χ3n) is 4.70. The Balaban J connectivity index is 1.60. The van der Waals surface area contributed by atoms with Gasteiger partial charge in [-0.05, 0) is 36.8 Å². The van der Waals surface area contributed by atoms with Crippen molar-refractivity contribution in [3.63, 3.8) is 0 Å². The molecule has 2 aromatic carbocycles. The predicted octanol–water partition coefficient (Wildman–Crippen LogP) is 2.72. The molecular formula is C19H15ClN2O5. The van der Waals surface area contributed by atoms with Crippen LogP contribution in [0.5, 0.6) is 11.5 Å². The first-order chi connectivity index (χ1) is 12.9.